The molecule has 0 radical (unpaired) electrons. The molecule has 10 heteroatoms. The minimum atomic E-state index is -0.541. The number of carbonyl (C=O) groups is 2. The summed E-state index contributed by atoms with van der Waals surface area (Å²) in [4.78, 5) is 26.7. The van der Waals surface area contributed by atoms with Gasteiger partial charge in [-0.15, -0.1) is 0 Å². The van der Waals surface area contributed by atoms with Crippen molar-refractivity contribution >= 4 is 12.1 Å². The molecule has 38 heavy (non-hydrogen) atoms. The van der Waals surface area contributed by atoms with Crippen LogP contribution in [0.2, 0.25) is 0 Å². The van der Waals surface area contributed by atoms with Crippen molar-refractivity contribution in [1.82, 2.24) is 20.0 Å². The number of aromatic nitrogens is 2. The van der Waals surface area contributed by atoms with Crippen LogP contribution in [0, 0.1) is 5.92 Å². The van der Waals surface area contributed by atoms with Crippen molar-refractivity contribution in [2.24, 2.45) is 5.92 Å². The van der Waals surface area contributed by atoms with Gasteiger partial charge >= 0.3 is 12.1 Å². The van der Waals surface area contributed by atoms with Gasteiger partial charge in [-0.2, -0.15) is 5.10 Å². The Morgan fingerprint density at radius 1 is 1.08 bits per heavy atom. The Hall–Kier alpha value is -2.95. The summed E-state index contributed by atoms with van der Waals surface area (Å²) < 4.78 is 23.9. The molecular formula is C28H42N4O6. The average Bonchev–Trinajstić information content (AvgIpc) is 3.35. The van der Waals surface area contributed by atoms with Crippen molar-refractivity contribution in [2.45, 2.75) is 58.4 Å². The minimum absolute atomic E-state index is 0.0639. The Labute approximate surface area is 225 Å². The van der Waals surface area contributed by atoms with Gasteiger partial charge in [-0.3, -0.25) is 4.68 Å². The molecular weight excluding hydrogens is 488 g/mol. The Kier molecular flexibility index (Phi) is 11.6. The molecule has 1 fully saturated rings. The molecule has 0 bridgehead atoms. The van der Waals surface area contributed by atoms with Crippen LogP contribution in [-0.2, 0) is 32.1 Å². The van der Waals surface area contributed by atoms with Crippen molar-refractivity contribution < 1.29 is 28.5 Å². The predicted octanol–water partition coefficient (Wildman–Crippen LogP) is 3.51. The zero-order valence-corrected chi connectivity index (χ0v) is 23.1. The predicted molar refractivity (Wildman–Crippen MR) is 143 cm³/mol. The summed E-state index contributed by atoms with van der Waals surface area (Å²) in [6, 6.07) is 9.73. The maximum Gasteiger partial charge on any atom is 0.407 e. The average molecular weight is 531 g/mol. The number of hydrogen-bond donors (Lipinski definition) is 1. The van der Waals surface area contributed by atoms with E-state index in [2.05, 4.69) is 22.4 Å². The minimum Gasteiger partial charge on any atom is -0.456 e. The molecule has 0 saturated carbocycles. The molecule has 2 aromatic rings. The second-order valence-electron chi connectivity index (χ2n) is 10.6. The lowest BCUT2D eigenvalue weighted by Crippen LogP contribution is -2.50. The summed E-state index contributed by atoms with van der Waals surface area (Å²) >= 11 is 0. The summed E-state index contributed by atoms with van der Waals surface area (Å²) in [7, 11) is 2.10. The van der Waals surface area contributed by atoms with E-state index in [1.54, 1.807) is 10.9 Å². The van der Waals surface area contributed by atoms with Crippen molar-refractivity contribution in [3.8, 4) is 0 Å². The van der Waals surface area contributed by atoms with Crippen molar-refractivity contribution in [1.29, 1.82) is 0 Å². The van der Waals surface area contributed by atoms with Crippen LogP contribution in [-0.4, -0.2) is 85.0 Å². The number of hydrogen-bond acceptors (Lipinski definition) is 8. The number of benzene rings is 1. The quantitative estimate of drug-likeness (QED) is 0.310. The van der Waals surface area contributed by atoms with Crippen LogP contribution >= 0.6 is 0 Å². The highest BCUT2D eigenvalue weighted by atomic mass is 16.6. The van der Waals surface area contributed by atoms with Crippen molar-refractivity contribution in [3.05, 3.63) is 53.9 Å². The van der Waals surface area contributed by atoms with E-state index in [1.165, 1.54) is 6.20 Å². The molecule has 2 unspecified atom stereocenters. The molecule has 2 heterocycles. The second-order valence-corrected chi connectivity index (χ2v) is 10.6. The van der Waals surface area contributed by atoms with Gasteiger partial charge < -0.3 is 29.2 Å². The van der Waals surface area contributed by atoms with E-state index in [0.717, 1.165) is 31.5 Å². The van der Waals surface area contributed by atoms with Gasteiger partial charge in [0.15, 0.2) is 0 Å². The zero-order chi connectivity index (χ0) is 27.4. The standard InChI is InChI=1S/C28H42N4O6/c1-28(2,3)38-26(33)24-18-29-32(20-24)13-15-36-17-16-35-14-11-23-19-31(4)12-10-25(23)30-27(34)37-21-22-8-6-5-7-9-22/h5-9,18,20,23,25H,10-17,19,21H2,1-4H3,(H,30,34). The second kappa shape index (κ2) is 14.8. The zero-order valence-electron chi connectivity index (χ0n) is 23.1. The van der Waals surface area contributed by atoms with Gasteiger partial charge in [0.05, 0.1) is 38.1 Å². The number of nitrogens with zero attached hydrogens (tertiary/aromatic N) is 3. The number of amides is 1. The lowest BCUT2D eigenvalue weighted by Gasteiger charge is -2.37. The fraction of sp³-hybridized carbons (Fsp3) is 0.607. The van der Waals surface area contributed by atoms with Gasteiger partial charge in [0.1, 0.15) is 12.2 Å². The van der Waals surface area contributed by atoms with E-state index in [9.17, 15) is 9.59 Å². The number of likely N-dealkylation sites (tertiary alicyclic amines) is 1. The maximum atomic E-state index is 12.4. The van der Waals surface area contributed by atoms with Gasteiger partial charge in [-0.05, 0) is 58.7 Å². The fourth-order valence-corrected chi connectivity index (χ4v) is 4.26. The third-order valence-electron chi connectivity index (χ3n) is 6.19. The van der Waals surface area contributed by atoms with Crippen LogP contribution in [0.3, 0.4) is 0 Å². The lowest BCUT2D eigenvalue weighted by atomic mass is 9.90. The van der Waals surface area contributed by atoms with E-state index < -0.39 is 5.60 Å². The summed E-state index contributed by atoms with van der Waals surface area (Å²) in [6.07, 6.45) is 4.52. The lowest BCUT2D eigenvalue weighted by molar-refractivity contribution is 0.00691. The van der Waals surface area contributed by atoms with Crippen LogP contribution in [0.25, 0.3) is 0 Å². The molecule has 1 aromatic heterocycles. The molecule has 1 aliphatic heterocycles. The Bertz CT molecular complexity index is 991. The van der Waals surface area contributed by atoms with Gasteiger partial charge in [0.2, 0.25) is 0 Å². The highest BCUT2D eigenvalue weighted by Crippen LogP contribution is 2.20. The first-order valence-corrected chi connectivity index (χ1v) is 13.3. The molecule has 0 aliphatic carbocycles. The van der Waals surface area contributed by atoms with E-state index >= 15 is 0 Å². The number of nitrogens with one attached hydrogen (secondary N) is 1. The highest BCUT2D eigenvalue weighted by molar-refractivity contribution is 5.89. The molecule has 1 aromatic carbocycles. The highest BCUT2D eigenvalue weighted by Gasteiger charge is 2.29. The SMILES string of the molecule is CN1CCC(NC(=O)OCc2ccccc2)C(CCOCCOCCn2cc(C(=O)OC(C)(C)C)cn2)C1. The van der Waals surface area contributed by atoms with E-state index in [4.69, 9.17) is 18.9 Å². The van der Waals surface area contributed by atoms with Gasteiger partial charge in [-0.25, -0.2) is 9.59 Å². The third-order valence-corrected chi connectivity index (χ3v) is 6.19. The molecule has 3 rings (SSSR count). The Morgan fingerprint density at radius 2 is 1.82 bits per heavy atom. The first kappa shape index (κ1) is 29.6. The first-order valence-electron chi connectivity index (χ1n) is 13.3. The summed E-state index contributed by atoms with van der Waals surface area (Å²) in [6.45, 7) is 10.1. The number of alkyl carbamates (subject to hydrolysis) is 1. The topological polar surface area (TPSA) is 104 Å². The van der Waals surface area contributed by atoms with Crippen LogP contribution in [0.15, 0.2) is 42.7 Å². The normalized spacial score (nSPS) is 18.2. The first-order chi connectivity index (χ1) is 18.2. The van der Waals surface area contributed by atoms with Crippen LogP contribution in [0.5, 0.6) is 0 Å². The summed E-state index contributed by atoms with van der Waals surface area (Å²) in [5.74, 6) is -0.0957. The van der Waals surface area contributed by atoms with Gasteiger partial charge in [0.25, 0.3) is 0 Å². The van der Waals surface area contributed by atoms with E-state index in [1.807, 2.05) is 51.1 Å². The van der Waals surface area contributed by atoms with Crippen LogP contribution < -0.4 is 5.32 Å². The van der Waals surface area contributed by atoms with E-state index in [0.29, 0.717) is 38.5 Å². The van der Waals surface area contributed by atoms with E-state index in [-0.39, 0.29) is 30.6 Å². The largest absolute Gasteiger partial charge is 0.456 e. The number of carbonyl (C=O) groups excluding carboxylic acids is 2. The fourth-order valence-electron chi connectivity index (χ4n) is 4.26. The number of rotatable bonds is 13. The molecule has 1 amide bonds. The molecule has 1 N–H and O–H groups in total. The molecule has 2 atom stereocenters. The monoisotopic (exact) mass is 530 g/mol. The number of ether oxygens (including phenoxy) is 4. The molecule has 1 saturated heterocycles. The summed E-state index contributed by atoms with van der Waals surface area (Å²) in [5, 5.41) is 7.25. The Morgan fingerprint density at radius 3 is 2.55 bits per heavy atom. The third kappa shape index (κ3) is 10.8. The summed E-state index contributed by atoms with van der Waals surface area (Å²) in [5.41, 5.74) is 0.850. The molecule has 0 spiro atoms. The Balaban J connectivity index is 1.28. The molecule has 1 aliphatic rings. The van der Waals surface area contributed by atoms with Crippen molar-refractivity contribution in [3.63, 3.8) is 0 Å². The number of piperidine rings is 1. The molecule has 10 nitrogen and oxygen atoms in total. The van der Waals surface area contributed by atoms with Crippen LogP contribution in [0.4, 0.5) is 4.79 Å². The van der Waals surface area contributed by atoms with Crippen molar-refractivity contribution in [2.75, 3.05) is 46.6 Å². The smallest absolute Gasteiger partial charge is 0.407 e. The maximum absolute atomic E-state index is 12.4. The van der Waals surface area contributed by atoms with Crippen LogP contribution in [0.1, 0.15) is 49.5 Å². The molecule has 210 valence electrons. The number of esters is 1. The van der Waals surface area contributed by atoms with Gasteiger partial charge in [0, 0.05) is 25.4 Å². The van der Waals surface area contributed by atoms with Gasteiger partial charge in [-0.1, -0.05) is 30.3 Å².